The van der Waals surface area contributed by atoms with E-state index in [4.69, 9.17) is 10.2 Å². The van der Waals surface area contributed by atoms with E-state index in [1.807, 2.05) is 6.92 Å². The number of aliphatic hydroxyl groups excluding tert-OH is 1. The van der Waals surface area contributed by atoms with Crippen LogP contribution in [0, 0.1) is 0 Å². The second-order valence-electron chi connectivity index (χ2n) is 2.37. The summed E-state index contributed by atoms with van der Waals surface area (Å²) in [7, 11) is 0. The summed E-state index contributed by atoms with van der Waals surface area (Å²) in [5, 5.41) is 17.1. The number of aliphatic carboxylic acids is 1. The molecule has 0 aliphatic heterocycles. The lowest BCUT2D eigenvalue weighted by atomic mass is 10.1. The lowest BCUT2D eigenvalue weighted by Gasteiger charge is -2.04. The van der Waals surface area contributed by atoms with E-state index in [1.54, 1.807) is 0 Å². The van der Waals surface area contributed by atoms with Gasteiger partial charge in [0.15, 0.2) is 0 Å². The van der Waals surface area contributed by atoms with Gasteiger partial charge in [-0.3, -0.25) is 4.79 Å². The Hall–Kier alpha value is -0.900. The molecule has 11 heavy (non-hydrogen) atoms. The zero-order chi connectivity index (χ0) is 8.85. The molecule has 64 valence electrons. The van der Waals surface area contributed by atoms with Crippen LogP contribution in [0.2, 0.25) is 0 Å². The minimum absolute atomic E-state index is 0.275. The van der Waals surface area contributed by atoms with Crippen molar-refractivity contribution in [3.63, 3.8) is 0 Å². The van der Waals surface area contributed by atoms with E-state index in [9.17, 15) is 9.59 Å². The monoisotopic (exact) mass is 160 g/mol. The highest BCUT2D eigenvalue weighted by Gasteiger charge is 2.15. The maximum atomic E-state index is 10.5. The maximum Gasteiger partial charge on any atom is 0.372 e. The van der Waals surface area contributed by atoms with Gasteiger partial charge in [0.2, 0.25) is 5.78 Å². The van der Waals surface area contributed by atoms with Gasteiger partial charge in [-0.05, 0) is 6.42 Å². The van der Waals surface area contributed by atoms with Gasteiger partial charge in [-0.1, -0.05) is 13.3 Å². The van der Waals surface area contributed by atoms with Crippen molar-refractivity contribution in [3.8, 4) is 0 Å². The first kappa shape index (κ1) is 10.1. The van der Waals surface area contributed by atoms with Crippen LogP contribution in [0.25, 0.3) is 0 Å². The molecule has 0 aliphatic rings. The predicted molar refractivity (Wildman–Crippen MR) is 38.2 cm³/mol. The Morgan fingerprint density at radius 3 is 2.36 bits per heavy atom. The molecular formula is C7H12O4. The van der Waals surface area contributed by atoms with Crippen molar-refractivity contribution in [1.82, 2.24) is 0 Å². The second kappa shape index (κ2) is 4.85. The third kappa shape index (κ3) is 4.50. The molecule has 0 saturated carbocycles. The third-order valence-corrected chi connectivity index (χ3v) is 1.28. The summed E-state index contributed by atoms with van der Waals surface area (Å²) in [6.45, 7) is 1.86. The van der Waals surface area contributed by atoms with Crippen molar-refractivity contribution in [1.29, 1.82) is 0 Å². The molecule has 2 N–H and O–H groups in total. The molecule has 0 bridgehead atoms. The first-order valence-electron chi connectivity index (χ1n) is 3.52. The van der Waals surface area contributed by atoms with Crippen molar-refractivity contribution < 1.29 is 19.8 Å². The first-order chi connectivity index (χ1) is 5.07. The number of carboxylic acids is 1. The number of hydrogen-bond donors (Lipinski definition) is 2. The second-order valence-corrected chi connectivity index (χ2v) is 2.37. The molecule has 0 aromatic carbocycles. The van der Waals surface area contributed by atoms with E-state index >= 15 is 0 Å². The van der Waals surface area contributed by atoms with Crippen LogP contribution in [0.15, 0.2) is 0 Å². The summed E-state index contributed by atoms with van der Waals surface area (Å²) in [5.74, 6) is -2.40. The zero-order valence-corrected chi connectivity index (χ0v) is 6.41. The Morgan fingerprint density at radius 1 is 1.45 bits per heavy atom. The predicted octanol–water partition coefficient (Wildman–Crippen LogP) is 0.191. The molecule has 0 heterocycles. The lowest BCUT2D eigenvalue weighted by Crippen LogP contribution is -2.19. The van der Waals surface area contributed by atoms with Crippen LogP contribution in [0.1, 0.15) is 26.2 Å². The van der Waals surface area contributed by atoms with Gasteiger partial charge < -0.3 is 10.2 Å². The number of carbonyl (C=O) groups is 2. The highest BCUT2D eigenvalue weighted by molar-refractivity contribution is 6.32. The van der Waals surface area contributed by atoms with E-state index in [-0.39, 0.29) is 6.42 Å². The standard InChI is InChI=1S/C7H12O4/c1-2-3-5(8)4-6(9)7(10)11/h5,8H,2-4H2,1H3,(H,10,11)/t5-/m1/s1. The van der Waals surface area contributed by atoms with Crippen molar-refractivity contribution >= 4 is 11.8 Å². The topological polar surface area (TPSA) is 74.6 Å². The van der Waals surface area contributed by atoms with Crippen LogP contribution < -0.4 is 0 Å². The molecule has 0 aliphatic carbocycles. The Morgan fingerprint density at radius 2 is 2.00 bits per heavy atom. The summed E-state index contributed by atoms with van der Waals surface area (Å²) in [6.07, 6.45) is 0.139. The molecule has 0 fully saturated rings. The summed E-state index contributed by atoms with van der Waals surface area (Å²) < 4.78 is 0. The van der Waals surface area contributed by atoms with Gasteiger partial charge in [0, 0.05) is 6.42 Å². The fourth-order valence-corrected chi connectivity index (χ4v) is 0.737. The quantitative estimate of drug-likeness (QED) is 0.563. The van der Waals surface area contributed by atoms with Gasteiger partial charge in [0.25, 0.3) is 0 Å². The average Bonchev–Trinajstić information content (AvgIpc) is 1.87. The summed E-state index contributed by atoms with van der Waals surface area (Å²) in [6, 6.07) is 0. The minimum atomic E-state index is -1.47. The number of aliphatic hydroxyl groups is 1. The Kier molecular flexibility index (Phi) is 4.45. The van der Waals surface area contributed by atoms with Crippen LogP contribution in [-0.2, 0) is 9.59 Å². The molecule has 0 saturated heterocycles. The molecule has 0 aromatic heterocycles. The molecule has 4 heteroatoms. The molecular weight excluding hydrogens is 148 g/mol. The van der Waals surface area contributed by atoms with Gasteiger partial charge in [0.1, 0.15) is 0 Å². The van der Waals surface area contributed by atoms with E-state index in [0.717, 1.165) is 6.42 Å². The van der Waals surface area contributed by atoms with Crippen LogP contribution in [-0.4, -0.2) is 28.1 Å². The van der Waals surface area contributed by atoms with Crippen LogP contribution in [0.3, 0.4) is 0 Å². The number of Topliss-reactive ketones (excluding diaryl/α,β-unsaturated/α-hetero) is 1. The number of hydrogen-bond acceptors (Lipinski definition) is 3. The number of carboxylic acid groups (broad SMARTS) is 1. The smallest absolute Gasteiger partial charge is 0.372 e. The molecule has 0 rings (SSSR count). The van der Waals surface area contributed by atoms with Crippen LogP contribution in [0.5, 0.6) is 0 Å². The van der Waals surface area contributed by atoms with Gasteiger partial charge >= 0.3 is 5.97 Å². The average molecular weight is 160 g/mol. The third-order valence-electron chi connectivity index (χ3n) is 1.28. The van der Waals surface area contributed by atoms with Crippen molar-refractivity contribution in [3.05, 3.63) is 0 Å². The Balaban J connectivity index is 3.66. The van der Waals surface area contributed by atoms with E-state index < -0.39 is 17.9 Å². The SMILES string of the molecule is CCC[C@@H](O)CC(=O)C(=O)O. The summed E-state index contributed by atoms with van der Waals surface area (Å²) >= 11 is 0. The highest BCUT2D eigenvalue weighted by atomic mass is 16.4. The maximum absolute atomic E-state index is 10.5. The molecule has 0 spiro atoms. The minimum Gasteiger partial charge on any atom is -0.475 e. The summed E-state index contributed by atoms with van der Waals surface area (Å²) in [5.41, 5.74) is 0. The van der Waals surface area contributed by atoms with Gasteiger partial charge in [-0.2, -0.15) is 0 Å². The van der Waals surface area contributed by atoms with Crippen molar-refractivity contribution in [2.24, 2.45) is 0 Å². The van der Waals surface area contributed by atoms with E-state index in [2.05, 4.69) is 0 Å². The van der Waals surface area contributed by atoms with E-state index in [0.29, 0.717) is 6.42 Å². The number of ketones is 1. The fourth-order valence-electron chi connectivity index (χ4n) is 0.737. The largest absolute Gasteiger partial charge is 0.475 e. The molecule has 0 unspecified atom stereocenters. The van der Waals surface area contributed by atoms with Crippen molar-refractivity contribution in [2.45, 2.75) is 32.3 Å². The first-order valence-corrected chi connectivity index (χ1v) is 3.52. The molecule has 0 radical (unpaired) electrons. The summed E-state index contributed by atoms with van der Waals surface area (Å²) in [4.78, 5) is 20.4. The number of carbonyl (C=O) groups excluding carboxylic acids is 1. The Labute approximate surface area is 64.8 Å². The van der Waals surface area contributed by atoms with E-state index in [1.165, 1.54) is 0 Å². The zero-order valence-electron chi connectivity index (χ0n) is 6.41. The Bertz CT molecular complexity index is 153. The van der Waals surface area contributed by atoms with Crippen molar-refractivity contribution in [2.75, 3.05) is 0 Å². The fraction of sp³-hybridized carbons (Fsp3) is 0.714. The number of rotatable bonds is 5. The molecule has 0 amide bonds. The molecule has 4 nitrogen and oxygen atoms in total. The van der Waals surface area contributed by atoms with Gasteiger partial charge in [-0.15, -0.1) is 0 Å². The lowest BCUT2D eigenvalue weighted by molar-refractivity contribution is -0.150. The van der Waals surface area contributed by atoms with Crippen LogP contribution in [0.4, 0.5) is 0 Å². The van der Waals surface area contributed by atoms with Gasteiger partial charge in [0.05, 0.1) is 6.10 Å². The molecule has 0 aromatic rings. The van der Waals surface area contributed by atoms with Crippen LogP contribution >= 0.6 is 0 Å². The van der Waals surface area contributed by atoms with Gasteiger partial charge in [-0.25, -0.2) is 4.79 Å². The molecule has 1 atom stereocenters. The normalized spacial score (nSPS) is 12.5. The highest BCUT2D eigenvalue weighted by Crippen LogP contribution is 2.01.